The van der Waals surface area contributed by atoms with Gasteiger partial charge in [-0.2, -0.15) is 11.3 Å². The van der Waals surface area contributed by atoms with Crippen molar-refractivity contribution in [2.24, 2.45) is 0 Å². The molecule has 0 spiro atoms. The summed E-state index contributed by atoms with van der Waals surface area (Å²) < 4.78 is 12.2. The molecule has 4 heteroatoms. The van der Waals surface area contributed by atoms with Crippen molar-refractivity contribution in [3.8, 4) is 0 Å². The molecule has 0 saturated carbocycles. The summed E-state index contributed by atoms with van der Waals surface area (Å²) >= 11 is 1.75. The van der Waals surface area contributed by atoms with Crippen LogP contribution in [0.25, 0.3) is 0 Å². The van der Waals surface area contributed by atoms with Crippen molar-refractivity contribution in [3.63, 3.8) is 0 Å². The van der Waals surface area contributed by atoms with Crippen LogP contribution in [0.1, 0.15) is 25.3 Å². The normalized spacial score (nSPS) is 30.5. The van der Waals surface area contributed by atoms with E-state index >= 15 is 0 Å². The maximum absolute atomic E-state index is 6.55. The van der Waals surface area contributed by atoms with Crippen molar-refractivity contribution in [2.75, 3.05) is 6.61 Å². The molecule has 1 aliphatic heterocycles. The largest absolute Gasteiger partial charge is 0.408 e. The fourth-order valence-corrected chi connectivity index (χ4v) is 4.79. The van der Waals surface area contributed by atoms with Crippen LogP contribution in [-0.4, -0.2) is 21.0 Å². The second-order valence-electron chi connectivity index (χ2n) is 5.86. The first-order chi connectivity index (χ1) is 7.91. The summed E-state index contributed by atoms with van der Waals surface area (Å²) in [6, 6.07) is 2.21. The summed E-state index contributed by atoms with van der Waals surface area (Å²) in [7, 11) is -1.55. The lowest BCUT2D eigenvalue weighted by Gasteiger charge is -2.43. The van der Waals surface area contributed by atoms with Crippen LogP contribution in [0.15, 0.2) is 16.8 Å². The molecule has 0 N–H and O–H groups in total. The summed E-state index contributed by atoms with van der Waals surface area (Å²) in [6.45, 7) is 9.75. The highest BCUT2D eigenvalue weighted by atomic mass is 32.1. The van der Waals surface area contributed by atoms with E-state index in [-0.39, 0.29) is 5.60 Å². The SMILES string of the molecule is C[C@H]1C[C@@](O[Si](C)(C)C)(c2ccsc2)CCO1. The zero-order valence-electron chi connectivity index (χ0n) is 11.2. The molecular weight excluding hydrogens is 248 g/mol. The molecule has 2 nitrogen and oxygen atoms in total. The molecule has 1 aromatic rings. The number of hydrogen-bond acceptors (Lipinski definition) is 3. The van der Waals surface area contributed by atoms with E-state index in [0.717, 1.165) is 19.4 Å². The topological polar surface area (TPSA) is 18.5 Å². The second kappa shape index (κ2) is 4.84. The van der Waals surface area contributed by atoms with E-state index in [2.05, 4.69) is 43.4 Å². The lowest BCUT2D eigenvalue weighted by Crippen LogP contribution is -2.46. The monoisotopic (exact) mass is 270 g/mol. The highest BCUT2D eigenvalue weighted by Gasteiger charge is 2.41. The van der Waals surface area contributed by atoms with Gasteiger partial charge in [-0.3, -0.25) is 0 Å². The average Bonchev–Trinajstić information content (AvgIpc) is 2.67. The lowest BCUT2D eigenvalue weighted by molar-refractivity contribution is -0.0906. The minimum absolute atomic E-state index is 0.0951. The Bertz CT molecular complexity index is 358. The highest BCUT2D eigenvalue weighted by Crippen LogP contribution is 2.41. The molecule has 0 aromatic carbocycles. The van der Waals surface area contributed by atoms with Crippen LogP contribution >= 0.6 is 11.3 Å². The highest BCUT2D eigenvalue weighted by molar-refractivity contribution is 7.08. The van der Waals surface area contributed by atoms with Gasteiger partial charge in [0.25, 0.3) is 0 Å². The van der Waals surface area contributed by atoms with Crippen molar-refractivity contribution < 1.29 is 9.16 Å². The fraction of sp³-hybridized carbons (Fsp3) is 0.692. The van der Waals surface area contributed by atoms with Crippen LogP contribution in [0.2, 0.25) is 19.6 Å². The Morgan fingerprint density at radius 2 is 2.24 bits per heavy atom. The van der Waals surface area contributed by atoms with Crippen LogP contribution in [0.3, 0.4) is 0 Å². The van der Waals surface area contributed by atoms with Gasteiger partial charge in [-0.25, -0.2) is 0 Å². The zero-order chi connectivity index (χ0) is 12.5. The van der Waals surface area contributed by atoms with Gasteiger partial charge in [0.2, 0.25) is 0 Å². The van der Waals surface area contributed by atoms with Gasteiger partial charge < -0.3 is 9.16 Å². The summed E-state index contributed by atoms with van der Waals surface area (Å²) in [6.07, 6.45) is 2.26. The van der Waals surface area contributed by atoms with Crippen LogP contribution in [-0.2, 0) is 14.8 Å². The van der Waals surface area contributed by atoms with Gasteiger partial charge in [-0.1, -0.05) is 0 Å². The van der Waals surface area contributed by atoms with Gasteiger partial charge in [0.15, 0.2) is 8.32 Å². The molecule has 0 amide bonds. The van der Waals surface area contributed by atoms with Gasteiger partial charge in [0, 0.05) is 19.4 Å². The molecule has 1 aromatic heterocycles. The third kappa shape index (κ3) is 3.19. The van der Waals surface area contributed by atoms with Crippen LogP contribution < -0.4 is 0 Å². The van der Waals surface area contributed by atoms with Gasteiger partial charge >= 0.3 is 0 Å². The third-order valence-corrected chi connectivity index (χ3v) is 4.76. The lowest BCUT2D eigenvalue weighted by atomic mass is 9.86. The molecule has 0 aliphatic carbocycles. The third-order valence-electron chi connectivity index (χ3n) is 3.07. The molecule has 1 saturated heterocycles. The predicted octanol–water partition coefficient (Wildman–Crippen LogP) is 3.99. The van der Waals surface area contributed by atoms with E-state index < -0.39 is 8.32 Å². The standard InChI is InChI=1S/C13H22O2SSi/c1-11-9-13(6-7-14-11,15-17(2,3)4)12-5-8-16-10-12/h5,8,10-11H,6-7,9H2,1-4H3/t11-,13+/m0/s1. The van der Waals surface area contributed by atoms with Gasteiger partial charge in [0.05, 0.1) is 11.7 Å². The Hall–Kier alpha value is -0.163. The first kappa shape index (κ1) is 13.3. The van der Waals surface area contributed by atoms with Crippen molar-refractivity contribution in [3.05, 3.63) is 22.4 Å². The Kier molecular flexibility index (Phi) is 3.78. The number of thiophene rings is 1. The van der Waals surface area contributed by atoms with Crippen molar-refractivity contribution in [2.45, 2.75) is 51.1 Å². The van der Waals surface area contributed by atoms with Crippen molar-refractivity contribution in [1.82, 2.24) is 0 Å². The Morgan fingerprint density at radius 3 is 2.76 bits per heavy atom. The Balaban J connectivity index is 2.29. The molecule has 1 aliphatic rings. The summed E-state index contributed by atoms with van der Waals surface area (Å²) in [5, 5.41) is 4.38. The van der Waals surface area contributed by atoms with E-state index in [9.17, 15) is 0 Å². The van der Waals surface area contributed by atoms with Crippen LogP contribution in [0, 0.1) is 0 Å². The molecule has 17 heavy (non-hydrogen) atoms. The quantitative estimate of drug-likeness (QED) is 0.773. The first-order valence-corrected chi connectivity index (χ1v) is 10.6. The van der Waals surface area contributed by atoms with Crippen molar-refractivity contribution in [1.29, 1.82) is 0 Å². The number of rotatable bonds is 3. The van der Waals surface area contributed by atoms with E-state index in [0.29, 0.717) is 6.10 Å². The molecule has 1 fully saturated rings. The number of hydrogen-bond donors (Lipinski definition) is 0. The summed E-state index contributed by atoms with van der Waals surface area (Å²) in [5.41, 5.74) is 1.25. The molecule has 0 radical (unpaired) electrons. The maximum atomic E-state index is 6.55. The van der Waals surface area contributed by atoms with Crippen LogP contribution in [0.5, 0.6) is 0 Å². The molecule has 2 rings (SSSR count). The van der Waals surface area contributed by atoms with E-state index in [4.69, 9.17) is 9.16 Å². The van der Waals surface area contributed by atoms with E-state index in [1.165, 1.54) is 5.56 Å². The minimum Gasteiger partial charge on any atom is -0.408 e. The molecule has 2 atom stereocenters. The predicted molar refractivity (Wildman–Crippen MR) is 75.1 cm³/mol. The number of ether oxygens (including phenoxy) is 1. The summed E-state index contributed by atoms with van der Waals surface area (Å²) in [4.78, 5) is 0. The Labute approximate surface area is 109 Å². The second-order valence-corrected chi connectivity index (χ2v) is 11.1. The molecular formula is C13H22O2SSi. The smallest absolute Gasteiger partial charge is 0.184 e. The molecule has 0 unspecified atom stereocenters. The fourth-order valence-electron chi connectivity index (χ4n) is 2.57. The molecule has 96 valence electrons. The minimum atomic E-state index is -1.55. The zero-order valence-corrected chi connectivity index (χ0v) is 13.0. The summed E-state index contributed by atoms with van der Waals surface area (Å²) in [5.74, 6) is 0. The van der Waals surface area contributed by atoms with Gasteiger partial charge in [0.1, 0.15) is 0 Å². The van der Waals surface area contributed by atoms with Gasteiger partial charge in [-0.05, 0) is 49.0 Å². The Morgan fingerprint density at radius 1 is 1.47 bits per heavy atom. The first-order valence-electron chi connectivity index (χ1n) is 6.26. The van der Waals surface area contributed by atoms with E-state index in [1.807, 2.05) is 0 Å². The maximum Gasteiger partial charge on any atom is 0.184 e. The average molecular weight is 270 g/mol. The molecule has 2 heterocycles. The van der Waals surface area contributed by atoms with Crippen molar-refractivity contribution >= 4 is 19.7 Å². The molecule has 0 bridgehead atoms. The van der Waals surface area contributed by atoms with Gasteiger partial charge in [-0.15, -0.1) is 0 Å². The van der Waals surface area contributed by atoms with E-state index in [1.54, 1.807) is 11.3 Å². The van der Waals surface area contributed by atoms with Crippen LogP contribution in [0.4, 0.5) is 0 Å².